The van der Waals surface area contributed by atoms with Crippen LogP contribution in [-0.2, 0) is 5.75 Å². The molecule has 5 heteroatoms. The van der Waals surface area contributed by atoms with Crippen molar-refractivity contribution < 1.29 is 9.47 Å². The van der Waals surface area contributed by atoms with E-state index in [1.165, 1.54) is 11.1 Å². The summed E-state index contributed by atoms with van der Waals surface area (Å²) in [6.07, 6.45) is 1.14. The second-order valence-corrected chi connectivity index (χ2v) is 7.58. The monoisotopic (exact) mass is 371 g/mol. The number of hydrogen-bond donors (Lipinski definition) is 1. The third kappa shape index (κ3) is 3.06. The smallest absolute Gasteiger partial charge is 0.166 e. The lowest BCUT2D eigenvalue weighted by Gasteiger charge is -2.30. The molecule has 0 radical (unpaired) electrons. The molecule has 3 rings (SSSR count). The summed E-state index contributed by atoms with van der Waals surface area (Å²) >= 11 is 5.74. The van der Waals surface area contributed by atoms with Crippen LogP contribution in [0.15, 0.2) is 10.5 Å². The van der Waals surface area contributed by atoms with Gasteiger partial charge in [0.25, 0.3) is 0 Å². The summed E-state index contributed by atoms with van der Waals surface area (Å²) in [5.74, 6) is 4.61. The maximum Gasteiger partial charge on any atom is 0.166 e. The predicted molar refractivity (Wildman–Crippen MR) is 91.5 cm³/mol. The second kappa shape index (κ2) is 6.80. The van der Waals surface area contributed by atoms with Crippen LogP contribution in [-0.4, -0.2) is 25.5 Å². The minimum Gasteiger partial charge on any atom is -0.486 e. The van der Waals surface area contributed by atoms with Crippen molar-refractivity contribution in [2.24, 2.45) is 5.92 Å². The van der Waals surface area contributed by atoms with Crippen molar-refractivity contribution in [1.29, 1.82) is 0 Å². The maximum atomic E-state index is 6.00. The standard InChI is InChI=1S/C16H22BrNO2S/c1-3-4-18-15-10(2)8-21-9-11-12(17)7-13-16(14(11)15)20-6-5-19-13/h7,10,15,18H,3-6,8-9H2,1-2H3. The molecule has 1 N–H and O–H groups in total. The molecule has 2 unspecified atom stereocenters. The van der Waals surface area contributed by atoms with Crippen LogP contribution in [0.4, 0.5) is 0 Å². The summed E-state index contributed by atoms with van der Waals surface area (Å²) in [6.45, 7) is 6.84. The van der Waals surface area contributed by atoms with Gasteiger partial charge in [0.15, 0.2) is 11.5 Å². The Hall–Kier alpha value is -0.390. The largest absolute Gasteiger partial charge is 0.486 e. The van der Waals surface area contributed by atoms with Gasteiger partial charge in [0.05, 0.1) is 0 Å². The van der Waals surface area contributed by atoms with Crippen molar-refractivity contribution in [3.05, 3.63) is 21.7 Å². The summed E-state index contributed by atoms with van der Waals surface area (Å²) in [5, 5.41) is 3.72. The van der Waals surface area contributed by atoms with E-state index in [0.717, 1.165) is 40.4 Å². The first-order valence-corrected chi connectivity index (χ1v) is 9.59. The van der Waals surface area contributed by atoms with E-state index < -0.39 is 0 Å². The summed E-state index contributed by atoms with van der Waals surface area (Å²) < 4.78 is 13.0. The van der Waals surface area contributed by atoms with Gasteiger partial charge in [-0.15, -0.1) is 0 Å². The van der Waals surface area contributed by atoms with E-state index in [0.29, 0.717) is 25.2 Å². The predicted octanol–water partition coefficient (Wildman–Crippen LogP) is 4.14. The first-order chi connectivity index (χ1) is 10.2. The number of benzene rings is 1. The molecule has 0 fully saturated rings. The van der Waals surface area contributed by atoms with Gasteiger partial charge in [-0.1, -0.05) is 29.8 Å². The zero-order valence-corrected chi connectivity index (χ0v) is 15.0. The van der Waals surface area contributed by atoms with Gasteiger partial charge in [-0.05, 0) is 36.3 Å². The van der Waals surface area contributed by atoms with Gasteiger partial charge in [0.1, 0.15) is 13.2 Å². The molecule has 0 aromatic heterocycles. The van der Waals surface area contributed by atoms with E-state index in [4.69, 9.17) is 9.47 Å². The summed E-state index contributed by atoms with van der Waals surface area (Å²) in [4.78, 5) is 0. The molecule has 0 saturated carbocycles. The van der Waals surface area contributed by atoms with Gasteiger partial charge in [-0.25, -0.2) is 0 Å². The summed E-state index contributed by atoms with van der Waals surface area (Å²) in [5.41, 5.74) is 2.67. The lowest BCUT2D eigenvalue weighted by atomic mass is 9.91. The van der Waals surface area contributed by atoms with E-state index >= 15 is 0 Å². The van der Waals surface area contributed by atoms with Crippen LogP contribution in [0.1, 0.15) is 37.4 Å². The average molecular weight is 372 g/mol. The van der Waals surface area contributed by atoms with Crippen LogP contribution in [0.3, 0.4) is 0 Å². The van der Waals surface area contributed by atoms with Crippen LogP contribution in [0.25, 0.3) is 0 Å². The van der Waals surface area contributed by atoms with Crippen molar-refractivity contribution in [2.45, 2.75) is 32.1 Å². The Balaban J connectivity index is 2.10. The Bertz CT molecular complexity index is 523. The second-order valence-electron chi connectivity index (χ2n) is 5.70. The highest BCUT2D eigenvalue weighted by Gasteiger charge is 2.32. The SMILES string of the molecule is CCCNC1c2c(c(Br)cc3c2OCCO3)CSCC1C. The molecule has 1 aromatic rings. The number of fused-ring (bicyclic) bond motifs is 3. The van der Waals surface area contributed by atoms with E-state index in [2.05, 4.69) is 41.2 Å². The van der Waals surface area contributed by atoms with Crippen LogP contribution < -0.4 is 14.8 Å². The molecule has 116 valence electrons. The topological polar surface area (TPSA) is 30.5 Å². The molecule has 0 bridgehead atoms. The third-order valence-corrected chi connectivity index (χ3v) is 6.01. The van der Waals surface area contributed by atoms with E-state index in [-0.39, 0.29) is 0 Å². The van der Waals surface area contributed by atoms with Crippen molar-refractivity contribution >= 4 is 27.7 Å². The Morgan fingerprint density at radius 3 is 3.00 bits per heavy atom. The lowest BCUT2D eigenvalue weighted by Crippen LogP contribution is -2.30. The molecular formula is C16H22BrNO2S. The number of hydrogen-bond acceptors (Lipinski definition) is 4. The van der Waals surface area contributed by atoms with E-state index in [9.17, 15) is 0 Å². The number of nitrogens with one attached hydrogen (secondary N) is 1. The normalized spacial score (nSPS) is 24.3. The first kappa shape index (κ1) is 15.5. The summed E-state index contributed by atoms with van der Waals surface area (Å²) in [6, 6.07) is 2.41. The fourth-order valence-electron chi connectivity index (χ4n) is 3.02. The molecule has 2 aliphatic rings. The fraction of sp³-hybridized carbons (Fsp3) is 0.625. The molecule has 3 nitrogen and oxygen atoms in total. The highest BCUT2D eigenvalue weighted by molar-refractivity contribution is 9.10. The molecule has 0 amide bonds. The number of ether oxygens (including phenoxy) is 2. The maximum absolute atomic E-state index is 6.00. The Morgan fingerprint density at radius 1 is 1.38 bits per heavy atom. The van der Waals surface area contributed by atoms with Gasteiger partial charge in [-0.2, -0.15) is 11.8 Å². The zero-order chi connectivity index (χ0) is 14.8. The molecule has 2 aliphatic heterocycles. The lowest BCUT2D eigenvalue weighted by molar-refractivity contribution is 0.167. The van der Waals surface area contributed by atoms with Crippen molar-refractivity contribution in [2.75, 3.05) is 25.5 Å². The first-order valence-electron chi connectivity index (χ1n) is 7.64. The highest BCUT2D eigenvalue weighted by atomic mass is 79.9. The van der Waals surface area contributed by atoms with Crippen LogP contribution in [0, 0.1) is 5.92 Å². The van der Waals surface area contributed by atoms with E-state index in [1.807, 2.05) is 11.8 Å². The van der Waals surface area contributed by atoms with Crippen LogP contribution in [0.5, 0.6) is 11.5 Å². The number of halogens is 1. The highest BCUT2D eigenvalue weighted by Crippen LogP contribution is 2.48. The Labute approximate surface area is 139 Å². The molecule has 21 heavy (non-hydrogen) atoms. The van der Waals surface area contributed by atoms with Crippen molar-refractivity contribution in [3.63, 3.8) is 0 Å². The molecule has 0 spiro atoms. The molecule has 0 aliphatic carbocycles. The van der Waals surface area contributed by atoms with Crippen LogP contribution >= 0.6 is 27.7 Å². The van der Waals surface area contributed by atoms with E-state index in [1.54, 1.807) is 0 Å². The molecule has 2 heterocycles. The summed E-state index contributed by atoms with van der Waals surface area (Å²) in [7, 11) is 0. The average Bonchev–Trinajstić information content (AvgIpc) is 2.65. The molecular weight excluding hydrogens is 350 g/mol. The zero-order valence-electron chi connectivity index (χ0n) is 12.6. The molecule has 1 aromatic carbocycles. The molecule has 0 saturated heterocycles. The van der Waals surface area contributed by atoms with Gasteiger partial charge in [0.2, 0.25) is 0 Å². The number of thioether (sulfide) groups is 1. The minimum atomic E-state index is 0.336. The Morgan fingerprint density at radius 2 is 2.19 bits per heavy atom. The van der Waals surface area contributed by atoms with Gasteiger partial charge < -0.3 is 14.8 Å². The minimum absolute atomic E-state index is 0.336. The van der Waals surface area contributed by atoms with Crippen LogP contribution in [0.2, 0.25) is 0 Å². The fourth-order valence-corrected chi connectivity index (χ4v) is 4.97. The quantitative estimate of drug-likeness (QED) is 0.864. The van der Waals surface area contributed by atoms with Crippen molar-refractivity contribution in [1.82, 2.24) is 5.32 Å². The van der Waals surface area contributed by atoms with Crippen molar-refractivity contribution in [3.8, 4) is 11.5 Å². The van der Waals surface area contributed by atoms with Gasteiger partial charge >= 0.3 is 0 Å². The number of rotatable bonds is 3. The van der Waals surface area contributed by atoms with Gasteiger partial charge in [0, 0.05) is 21.8 Å². The van der Waals surface area contributed by atoms with Gasteiger partial charge in [-0.3, -0.25) is 0 Å². The third-order valence-electron chi connectivity index (χ3n) is 4.05. The Kier molecular flexibility index (Phi) is 5.02. The molecule has 2 atom stereocenters.